The second kappa shape index (κ2) is 11.7. The molecule has 0 fully saturated rings. The van der Waals surface area contributed by atoms with Crippen LogP contribution in [0.2, 0.25) is 0 Å². The van der Waals surface area contributed by atoms with Gasteiger partial charge in [-0.25, -0.2) is 0 Å². The molecule has 37 heavy (non-hydrogen) atoms. The van der Waals surface area contributed by atoms with E-state index in [4.69, 9.17) is 9.47 Å². The van der Waals surface area contributed by atoms with Gasteiger partial charge in [0, 0.05) is 11.4 Å². The maximum absolute atomic E-state index is 10.8. The molecule has 1 aliphatic carbocycles. The van der Waals surface area contributed by atoms with Gasteiger partial charge in [-0.05, 0) is 118 Å². The van der Waals surface area contributed by atoms with Crippen LogP contribution in [0.3, 0.4) is 0 Å². The minimum Gasteiger partial charge on any atom is -0.493 e. The maximum atomic E-state index is 10.8. The Kier molecular flexibility index (Phi) is 8.63. The highest BCUT2D eigenvalue weighted by Gasteiger charge is 2.27. The summed E-state index contributed by atoms with van der Waals surface area (Å²) in [5.74, 6) is 0.951. The minimum atomic E-state index is -0.787. The number of aliphatic hydroxyl groups excluding tert-OH is 2. The Morgan fingerprint density at radius 1 is 1.14 bits per heavy atom. The highest BCUT2D eigenvalue weighted by molar-refractivity contribution is 5.78. The van der Waals surface area contributed by atoms with E-state index in [1.54, 1.807) is 0 Å². The minimum absolute atomic E-state index is 0.146. The van der Waals surface area contributed by atoms with Crippen molar-refractivity contribution in [3.8, 4) is 16.9 Å². The van der Waals surface area contributed by atoms with E-state index in [1.165, 1.54) is 5.56 Å². The molecule has 0 amide bonds. The van der Waals surface area contributed by atoms with E-state index in [0.717, 1.165) is 77.2 Å². The highest BCUT2D eigenvalue weighted by Crippen LogP contribution is 2.42. The predicted octanol–water partition coefficient (Wildman–Crippen LogP) is 5.70. The van der Waals surface area contributed by atoms with Crippen LogP contribution in [0.15, 0.2) is 48.2 Å². The Balaban J connectivity index is 1.71. The van der Waals surface area contributed by atoms with Crippen molar-refractivity contribution in [3.05, 3.63) is 70.4 Å². The number of nitrogens with one attached hydrogen (secondary N) is 2. The first-order chi connectivity index (χ1) is 17.7. The van der Waals surface area contributed by atoms with Crippen molar-refractivity contribution >= 4 is 5.69 Å². The van der Waals surface area contributed by atoms with Crippen LogP contribution in [0.4, 0.5) is 5.69 Å². The molecule has 0 radical (unpaired) electrons. The Labute approximate surface area is 221 Å². The second-order valence-corrected chi connectivity index (χ2v) is 11.0. The normalized spacial score (nSPS) is 16.9. The fourth-order valence-corrected chi connectivity index (χ4v) is 5.20. The smallest absolute Gasteiger partial charge is 0.141 e. The van der Waals surface area contributed by atoms with Gasteiger partial charge in [0.2, 0.25) is 0 Å². The number of hydrogen-bond acceptors (Lipinski definition) is 6. The summed E-state index contributed by atoms with van der Waals surface area (Å²) in [6.45, 7) is 11.1. The molecule has 2 aromatic rings. The van der Waals surface area contributed by atoms with Gasteiger partial charge in [-0.1, -0.05) is 18.2 Å². The van der Waals surface area contributed by atoms with E-state index in [1.807, 2.05) is 27.7 Å². The van der Waals surface area contributed by atoms with Crippen molar-refractivity contribution in [2.75, 3.05) is 25.1 Å². The molecule has 2 aromatic carbocycles. The molecule has 0 saturated heterocycles. The largest absolute Gasteiger partial charge is 0.493 e. The van der Waals surface area contributed by atoms with E-state index < -0.39 is 17.9 Å². The van der Waals surface area contributed by atoms with E-state index in [9.17, 15) is 10.2 Å². The fourth-order valence-electron chi connectivity index (χ4n) is 5.20. The van der Waals surface area contributed by atoms with Crippen LogP contribution in [0.1, 0.15) is 68.4 Å². The number of ether oxygens (including phenoxy) is 2. The predicted molar refractivity (Wildman–Crippen MR) is 150 cm³/mol. The Bertz CT molecular complexity index is 1160. The molecule has 4 rings (SSSR count). The number of fused-ring (bicyclic) bond motifs is 1. The number of anilines is 1. The molecular weight excluding hydrogens is 464 g/mol. The molecule has 2 aliphatic rings. The van der Waals surface area contributed by atoms with Crippen LogP contribution < -0.4 is 15.4 Å². The lowest BCUT2D eigenvalue weighted by Gasteiger charge is -2.31. The van der Waals surface area contributed by atoms with Gasteiger partial charge < -0.3 is 30.3 Å². The summed E-state index contributed by atoms with van der Waals surface area (Å²) in [4.78, 5) is 0. The fraction of sp³-hybridized carbons (Fsp3) is 0.484. The summed E-state index contributed by atoms with van der Waals surface area (Å²) in [5.41, 5.74) is 7.71. The van der Waals surface area contributed by atoms with Gasteiger partial charge in [0.05, 0.1) is 25.4 Å². The quantitative estimate of drug-likeness (QED) is 0.327. The van der Waals surface area contributed by atoms with Gasteiger partial charge in [-0.2, -0.15) is 0 Å². The number of aliphatic hydroxyl groups is 2. The third kappa shape index (κ3) is 6.75. The van der Waals surface area contributed by atoms with Gasteiger partial charge in [0.1, 0.15) is 18.1 Å². The van der Waals surface area contributed by atoms with E-state index in [0.29, 0.717) is 6.54 Å². The van der Waals surface area contributed by atoms with Crippen LogP contribution in [0.25, 0.3) is 11.1 Å². The summed E-state index contributed by atoms with van der Waals surface area (Å²) in [7, 11) is 0. The first kappa shape index (κ1) is 27.2. The Hall–Kier alpha value is -2.80. The zero-order valence-corrected chi connectivity index (χ0v) is 22.9. The molecule has 2 atom stereocenters. The number of benzene rings is 2. The molecule has 1 heterocycles. The molecule has 1 aliphatic heterocycles. The highest BCUT2D eigenvalue weighted by atomic mass is 16.5. The Morgan fingerprint density at radius 2 is 1.95 bits per heavy atom. The summed E-state index contributed by atoms with van der Waals surface area (Å²) < 4.78 is 12.2. The molecule has 2 unspecified atom stereocenters. The number of aryl methyl sites for hydroxylation is 2. The van der Waals surface area contributed by atoms with Crippen LogP contribution in [0.5, 0.6) is 5.75 Å². The molecule has 0 saturated carbocycles. The summed E-state index contributed by atoms with van der Waals surface area (Å²) in [5, 5.41) is 27.9. The maximum Gasteiger partial charge on any atom is 0.141 e. The lowest BCUT2D eigenvalue weighted by atomic mass is 9.86. The molecule has 0 bridgehead atoms. The third-order valence-electron chi connectivity index (χ3n) is 6.83. The first-order valence-electron chi connectivity index (χ1n) is 13.4. The van der Waals surface area contributed by atoms with Gasteiger partial charge in [0.15, 0.2) is 0 Å². The Morgan fingerprint density at radius 3 is 2.65 bits per heavy atom. The average molecular weight is 507 g/mol. The van der Waals surface area contributed by atoms with Crippen LogP contribution in [0, 0.1) is 13.8 Å². The molecule has 4 N–H and O–H groups in total. The zero-order chi connectivity index (χ0) is 26.6. The standard InChI is InChI=1S/C31H42N2O4/c1-20-16-25(33-28(35)18-32-24-11-7-6-8-12-24)21(2)30(27(19-34)37-31(3,4)5)29(20)23-13-14-26-22(17-23)10-9-15-36-26/h7,11-14,16-17,27-28,32-35H,6,8-10,15,18-19H2,1-5H3. The van der Waals surface area contributed by atoms with Gasteiger partial charge in [-0.15, -0.1) is 0 Å². The SMILES string of the molecule is Cc1cc(NC(O)CNC2=CCCC=C2)c(C)c(C(CO)OC(C)(C)C)c1-c1ccc2c(c1)CCCO2. The third-order valence-corrected chi connectivity index (χ3v) is 6.83. The lowest BCUT2D eigenvalue weighted by Crippen LogP contribution is -2.33. The van der Waals surface area contributed by atoms with Crippen molar-refractivity contribution < 1.29 is 19.7 Å². The van der Waals surface area contributed by atoms with Crippen molar-refractivity contribution in [1.29, 1.82) is 0 Å². The van der Waals surface area contributed by atoms with Crippen molar-refractivity contribution in [3.63, 3.8) is 0 Å². The molecule has 6 heteroatoms. The van der Waals surface area contributed by atoms with E-state index in [2.05, 4.69) is 60.1 Å². The monoisotopic (exact) mass is 506 g/mol. The summed E-state index contributed by atoms with van der Waals surface area (Å²) >= 11 is 0. The van der Waals surface area contributed by atoms with Gasteiger partial charge in [-0.3, -0.25) is 0 Å². The molecule has 0 spiro atoms. The number of rotatable bonds is 9. The molecular formula is C31H42N2O4. The average Bonchev–Trinajstić information content (AvgIpc) is 2.87. The summed E-state index contributed by atoms with van der Waals surface area (Å²) in [6.07, 6.45) is 9.10. The van der Waals surface area contributed by atoms with Gasteiger partial charge in [0.25, 0.3) is 0 Å². The molecule has 6 nitrogen and oxygen atoms in total. The molecule has 0 aromatic heterocycles. The zero-order valence-electron chi connectivity index (χ0n) is 22.9. The summed E-state index contributed by atoms with van der Waals surface area (Å²) in [6, 6.07) is 8.44. The number of hydrogen-bond donors (Lipinski definition) is 4. The second-order valence-electron chi connectivity index (χ2n) is 11.0. The van der Waals surface area contributed by atoms with E-state index >= 15 is 0 Å². The van der Waals surface area contributed by atoms with E-state index in [-0.39, 0.29) is 6.61 Å². The van der Waals surface area contributed by atoms with Gasteiger partial charge >= 0.3 is 0 Å². The van der Waals surface area contributed by atoms with Crippen molar-refractivity contribution in [2.45, 2.75) is 78.2 Å². The van der Waals surface area contributed by atoms with Crippen LogP contribution in [-0.4, -0.2) is 41.8 Å². The van der Waals surface area contributed by atoms with Crippen molar-refractivity contribution in [2.24, 2.45) is 0 Å². The van der Waals surface area contributed by atoms with Crippen LogP contribution in [-0.2, 0) is 11.2 Å². The lowest BCUT2D eigenvalue weighted by molar-refractivity contribution is -0.0822. The number of allylic oxidation sites excluding steroid dienone is 3. The topological polar surface area (TPSA) is 83.0 Å². The van der Waals surface area contributed by atoms with Crippen molar-refractivity contribution in [1.82, 2.24) is 5.32 Å². The van der Waals surface area contributed by atoms with Crippen LogP contribution >= 0.6 is 0 Å². The molecule has 200 valence electrons. The first-order valence-corrected chi connectivity index (χ1v) is 13.4.